The summed E-state index contributed by atoms with van der Waals surface area (Å²) in [4.78, 5) is 20.3. The third-order valence-electron chi connectivity index (χ3n) is 5.19. The van der Waals surface area contributed by atoms with Crippen molar-refractivity contribution in [2.45, 2.75) is 50.5 Å². The topological polar surface area (TPSA) is 67.9 Å². The average Bonchev–Trinajstić information content (AvgIpc) is 3.06. The molecule has 0 saturated carbocycles. The molecule has 0 radical (unpaired) electrons. The van der Waals surface area contributed by atoms with Crippen molar-refractivity contribution in [1.82, 2.24) is 9.55 Å². The summed E-state index contributed by atoms with van der Waals surface area (Å²) in [5, 5.41) is 10.2. The number of nitrogens with zero attached hydrogens (tertiary/aromatic N) is 3. The van der Waals surface area contributed by atoms with Gasteiger partial charge in [-0.2, -0.15) is 5.26 Å². The van der Waals surface area contributed by atoms with Gasteiger partial charge >= 0.3 is 0 Å². The second kappa shape index (κ2) is 7.70. The average molecular weight is 412 g/mol. The maximum Gasteiger partial charge on any atom is 0.267 e. The minimum Gasteiger partial charge on any atom is -0.369 e. The zero-order valence-corrected chi connectivity index (χ0v) is 17.5. The van der Waals surface area contributed by atoms with Crippen molar-refractivity contribution in [1.29, 1.82) is 5.26 Å². The van der Waals surface area contributed by atoms with Crippen LogP contribution in [-0.4, -0.2) is 20.9 Å². The van der Waals surface area contributed by atoms with E-state index in [-0.39, 0.29) is 11.2 Å². The SMILES string of the molecule is CC[C@]1(C)Cc2c(sc3nc(SCCC#N)n(-c4ccccc4)c(=O)c23)CO1. The molecule has 4 rings (SSSR count). The van der Waals surface area contributed by atoms with E-state index in [1.165, 1.54) is 11.8 Å². The van der Waals surface area contributed by atoms with Crippen molar-refractivity contribution >= 4 is 33.3 Å². The van der Waals surface area contributed by atoms with Gasteiger partial charge in [0.25, 0.3) is 5.56 Å². The van der Waals surface area contributed by atoms with Crippen LogP contribution in [0.3, 0.4) is 0 Å². The highest BCUT2D eigenvalue weighted by Crippen LogP contribution is 2.39. The zero-order chi connectivity index (χ0) is 19.7. The van der Waals surface area contributed by atoms with Gasteiger partial charge in [-0.15, -0.1) is 11.3 Å². The number of hydrogen-bond acceptors (Lipinski definition) is 6. The standard InChI is InChI=1S/C21H21N3O2S2/c1-3-21(2)12-15-16(13-26-21)28-18-17(15)19(25)24(14-8-5-4-6-9-14)20(23-18)27-11-7-10-22/h4-6,8-9H,3,7,11-13H2,1-2H3/t21-/m1/s1. The first-order valence-electron chi connectivity index (χ1n) is 9.33. The Balaban J connectivity index is 1.93. The van der Waals surface area contributed by atoms with Crippen LogP contribution in [0.5, 0.6) is 0 Å². The fraction of sp³-hybridized carbons (Fsp3) is 0.381. The number of aromatic nitrogens is 2. The highest BCUT2D eigenvalue weighted by atomic mass is 32.2. The molecule has 0 amide bonds. The molecule has 1 aromatic carbocycles. The Kier molecular flexibility index (Phi) is 5.28. The second-order valence-corrected chi connectivity index (χ2v) is 9.23. The van der Waals surface area contributed by atoms with Crippen molar-refractivity contribution in [3.05, 3.63) is 51.1 Å². The lowest BCUT2D eigenvalue weighted by molar-refractivity contribution is -0.0543. The molecule has 3 aromatic rings. The van der Waals surface area contributed by atoms with Crippen molar-refractivity contribution in [3.8, 4) is 11.8 Å². The summed E-state index contributed by atoms with van der Waals surface area (Å²) < 4.78 is 7.76. The lowest BCUT2D eigenvalue weighted by atomic mass is 9.90. The van der Waals surface area contributed by atoms with Crippen LogP contribution in [0.4, 0.5) is 0 Å². The van der Waals surface area contributed by atoms with E-state index in [2.05, 4.69) is 19.9 Å². The summed E-state index contributed by atoms with van der Waals surface area (Å²) in [6, 6.07) is 11.8. The van der Waals surface area contributed by atoms with Crippen molar-refractivity contribution in [2.24, 2.45) is 0 Å². The number of para-hydroxylation sites is 1. The molecule has 2 aromatic heterocycles. The van der Waals surface area contributed by atoms with E-state index in [4.69, 9.17) is 15.0 Å². The predicted octanol–water partition coefficient (Wildman–Crippen LogP) is 4.69. The molecule has 7 heteroatoms. The smallest absolute Gasteiger partial charge is 0.267 e. The van der Waals surface area contributed by atoms with Gasteiger partial charge in [0, 0.05) is 23.5 Å². The van der Waals surface area contributed by atoms with E-state index in [0.717, 1.165) is 39.2 Å². The minimum atomic E-state index is -0.245. The van der Waals surface area contributed by atoms with Gasteiger partial charge in [-0.1, -0.05) is 36.9 Å². The summed E-state index contributed by atoms with van der Waals surface area (Å²) in [5.41, 5.74) is 1.61. The molecule has 5 nitrogen and oxygen atoms in total. The Hall–Kier alpha value is -2.14. The summed E-state index contributed by atoms with van der Waals surface area (Å²) in [5.74, 6) is 0.601. The van der Waals surface area contributed by atoms with Gasteiger partial charge in [-0.25, -0.2) is 4.98 Å². The third kappa shape index (κ3) is 3.37. The van der Waals surface area contributed by atoms with E-state index in [1.807, 2.05) is 30.3 Å². The number of benzene rings is 1. The molecular formula is C21H21N3O2S2. The van der Waals surface area contributed by atoms with E-state index in [9.17, 15) is 4.79 Å². The maximum atomic E-state index is 13.6. The molecule has 28 heavy (non-hydrogen) atoms. The van der Waals surface area contributed by atoms with Gasteiger partial charge in [0.15, 0.2) is 5.16 Å². The fourth-order valence-electron chi connectivity index (χ4n) is 3.42. The zero-order valence-electron chi connectivity index (χ0n) is 15.9. The molecule has 0 aliphatic carbocycles. The quantitative estimate of drug-likeness (QED) is 0.346. The van der Waals surface area contributed by atoms with Gasteiger partial charge in [-0.3, -0.25) is 9.36 Å². The molecule has 0 N–H and O–H groups in total. The normalized spacial score (nSPS) is 18.8. The fourth-order valence-corrected chi connectivity index (χ4v) is 5.42. The molecule has 0 bridgehead atoms. The highest BCUT2D eigenvalue weighted by molar-refractivity contribution is 7.99. The van der Waals surface area contributed by atoms with Crippen LogP contribution < -0.4 is 5.56 Å². The van der Waals surface area contributed by atoms with Crippen LogP contribution in [0.25, 0.3) is 15.9 Å². The van der Waals surface area contributed by atoms with E-state index < -0.39 is 0 Å². The van der Waals surface area contributed by atoms with Crippen molar-refractivity contribution in [2.75, 3.05) is 5.75 Å². The van der Waals surface area contributed by atoms with Crippen LogP contribution in [-0.2, 0) is 17.8 Å². The molecule has 3 heterocycles. The van der Waals surface area contributed by atoms with Crippen LogP contribution in [0, 0.1) is 11.3 Å². The molecule has 0 saturated heterocycles. The van der Waals surface area contributed by atoms with E-state index in [0.29, 0.717) is 23.9 Å². The number of ether oxygens (including phenoxy) is 1. The maximum absolute atomic E-state index is 13.6. The predicted molar refractivity (Wildman–Crippen MR) is 113 cm³/mol. The molecular weight excluding hydrogens is 390 g/mol. The van der Waals surface area contributed by atoms with Crippen molar-refractivity contribution in [3.63, 3.8) is 0 Å². The Morgan fingerprint density at radius 2 is 2.18 bits per heavy atom. The number of hydrogen-bond donors (Lipinski definition) is 0. The number of nitriles is 1. The van der Waals surface area contributed by atoms with Gasteiger partial charge in [-0.05, 0) is 31.0 Å². The monoisotopic (exact) mass is 411 g/mol. The molecule has 1 aliphatic rings. The number of thioether (sulfide) groups is 1. The van der Waals surface area contributed by atoms with Gasteiger partial charge in [0.05, 0.1) is 29.4 Å². The molecule has 1 aliphatic heterocycles. The highest BCUT2D eigenvalue weighted by Gasteiger charge is 2.33. The first-order valence-corrected chi connectivity index (χ1v) is 11.1. The minimum absolute atomic E-state index is 0.0338. The van der Waals surface area contributed by atoms with Gasteiger partial charge < -0.3 is 4.74 Å². The van der Waals surface area contributed by atoms with E-state index >= 15 is 0 Å². The second-order valence-electron chi connectivity index (χ2n) is 7.08. The Labute approximate surface area is 172 Å². The number of thiophene rings is 1. The first-order chi connectivity index (χ1) is 13.6. The summed E-state index contributed by atoms with van der Waals surface area (Å²) in [6.45, 7) is 4.75. The molecule has 0 unspecified atom stereocenters. The summed E-state index contributed by atoms with van der Waals surface area (Å²) >= 11 is 3.01. The number of rotatable bonds is 5. The van der Waals surface area contributed by atoms with Crippen LogP contribution in [0.2, 0.25) is 0 Å². The lowest BCUT2D eigenvalue weighted by Crippen LogP contribution is -2.34. The molecule has 144 valence electrons. The summed E-state index contributed by atoms with van der Waals surface area (Å²) in [6.07, 6.45) is 2.04. The summed E-state index contributed by atoms with van der Waals surface area (Å²) in [7, 11) is 0. The first kappa shape index (κ1) is 19.2. The third-order valence-corrected chi connectivity index (χ3v) is 7.23. The van der Waals surface area contributed by atoms with Crippen LogP contribution in [0.15, 0.2) is 40.3 Å². The Morgan fingerprint density at radius 3 is 2.89 bits per heavy atom. The largest absolute Gasteiger partial charge is 0.369 e. The molecule has 1 atom stereocenters. The molecule has 0 spiro atoms. The number of fused-ring (bicyclic) bond motifs is 3. The lowest BCUT2D eigenvalue weighted by Gasteiger charge is -2.32. The Morgan fingerprint density at radius 1 is 1.39 bits per heavy atom. The van der Waals surface area contributed by atoms with Crippen molar-refractivity contribution < 1.29 is 4.74 Å². The van der Waals surface area contributed by atoms with E-state index in [1.54, 1.807) is 15.9 Å². The van der Waals surface area contributed by atoms with Gasteiger partial charge in [0.1, 0.15) is 4.83 Å². The molecule has 0 fully saturated rings. The Bertz CT molecular complexity index is 1110. The van der Waals surface area contributed by atoms with Crippen LogP contribution >= 0.6 is 23.1 Å². The van der Waals surface area contributed by atoms with Gasteiger partial charge in [0.2, 0.25) is 0 Å². The van der Waals surface area contributed by atoms with Crippen LogP contribution in [0.1, 0.15) is 37.1 Å².